The van der Waals surface area contributed by atoms with E-state index in [9.17, 15) is 8.42 Å². The molecule has 2 aromatic rings. The molecule has 1 aliphatic heterocycles. The van der Waals surface area contributed by atoms with E-state index in [1.807, 2.05) is 37.6 Å². The van der Waals surface area contributed by atoms with Gasteiger partial charge in [-0.15, -0.1) is 5.10 Å². The predicted molar refractivity (Wildman–Crippen MR) is 105 cm³/mol. The molecule has 1 aromatic carbocycles. The van der Waals surface area contributed by atoms with Crippen LogP contribution < -0.4 is 0 Å². The van der Waals surface area contributed by atoms with E-state index in [2.05, 4.69) is 10.3 Å². The second kappa shape index (κ2) is 6.71. The molecule has 2 heterocycles. The molecule has 0 bridgehead atoms. The molecule has 2 aliphatic rings. The lowest BCUT2D eigenvalue weighted by Gasteiger charge is -2.33. The van der Waals surface area contributed by atoms with Crippen molar-refractivity contribution < 1.29 is 8.42 Å². The zero-order chi connectivity index (χ0) is 19.2. The minimum Gasteiger partial charge on any atom is -0.244 e. The topological polar surface area (TPSA) is 68.1 Å². The Balaban J connectivity index is 1.85. The van der Waals surface area contributed by atoms with Crippen LogP contribution in [0.2, 0.25) is 0 Å². The van der Waals surface area contributed by atoms with E-state index in [-0.39, 0.29) is 6.54 Å². The number of hydrogen-bond donors (Lipinski definition) is 0. The molecule has 0 radical (unpaired) electrons. The van der Waals surface area contributed by atoms with Gasteiger partial charge in [-0.1, -0.05) is 42.7 Å². The second-order valence-electron chi connectivity index (χ2n) is 8.75. The maximum atomic E-state index is 13.4. The number of rotatable bonds is 2. The van der Waals surface area contributed by atoms with Crippen LogP contribution in [0, 0.1) is 5.92 Å². The van der Waals surface area contributed by atoms with Crippen LogP contribution in [0.3, 0.4) is 0 Å². The molecule has 1 aromatic heterocycles. The van der Waals surface area contributed by atoms with Gasteiger partial charge in [0.25, 0.3) is 0 Å². The summed E-state index contributed by atoms with van der Waals surface area (Å²) in [5.74, 6) is 0.593. The third kappa shape index (κ3) is 3.31. The molecule has 0 atom stereocenters. The molecular weight excluding hydrogens is 360 g/mol. The Morgan fingerprint density at radius 1 is 1.11 bits per heavy atom. The van der Waals surface area contributed by atoms with E-state index in [1.54, 1.807) is 16.4 Å². The van der Waals surface area contributed by atoms with Crippen LogP contribution in [-0.2, 0) is 23.1 Å². The number of benzene rings is 1. The normalized spacial score (nSPS) is 20.7. The largest absolute Gasteiger partial charge is 0.244 e. The first-order valence-electron chi connectivity index (χ1n) is 9.83. The Kier molecular flexibility index (Phi) is 4.63. The van der Waals surface area contributed by atoms with Gasteiger partial charge in [-0.05, 0) is 45.6 Å². The molecule has 0 saturated heterocycles. The molecule has 1 fully saturated rings. The quantitative estimate of drug-likeness (QED) is 0.784. The fourth-order valence-corrected chi connectivity index (χ4v) is 6.26. The molecule has 0 N–H and O–H groups in total. The van der Waals surface area contributed by atoms with Crippen LogP contribution in [-0.4, -0.2) is 33.3 Å². The third-order valence-corrected chi connectivity index (χ3v) is 7.88. The average molecular weight is 389 g/mol. The van der Waals surface area contributed by atoms with E-state index in [0.717, 1.165) is 23.5 Å². The number of aromatic nitrogens is 3. The molecule has 0 unspecified atom stereocenters. The van der Waals surface area contributed by atoms with Gasteiger partial charge < -0.3 is 0 Å². The minimum absolute atomic E-state index is 0.251. The van der Waals surface area contributed by atoms with Crippen molar-refractivity contribution in [3.05, 3.63) is 30.0 Å². The average Bonchev–Trinajstić information content (AvgIpc) is 2.97. The zero-order valence-corrected chi connectivity index (χ0v) is 17.2. The smallest absolute Gasteiger partial charge is 0.244 e. The lowest BCUT2D eigenvalue weighted by atomic mass is 9.89. The molecule has 1 aliphatic carbocycles. The molecule has 1 saturated carbocycles. The summed E-state index contributed by atoms with van der Waals surface area (Å²) < 4.78 is 30.3. The summed E-state index contributed by atoms with van der Waals surface area (Å²) in [6.07, 6.45) is 6.27. The van der Waals surface area contributed by atoms with E-state index in [4.69, 9.17) is 0 Å². The standard InChI is InChI=1S/C20H28N4O2S/c1-20(2,3)24-14-17-19(16-11-7-8-12-18(16)27(24,25)26)23(22-21-17)13-15-9-5-4-6-10-15/h7-8,11-12,15H,4-6,9-10,13-14H2,1-3H3. The predicted octanol–water partition coefficient (Wildman–Crippen LogP) is 3.83. The van der Waals surface area contributed by atoms with Crippen LogP contribution in [0.4, 0.5) is 0 Å². The van der Waals surface area contributed by atoms with Crippen molar-refractivity contribution in [2.75, 3.05) is 0 Å². The maximum absolute atomic E-state index is 13.4. The van der Waals surface area contributed by atoms with Gasteiger partial charge in [0.2, 0.25) is 10.0 Å². The summed E-state index contributed by atoms with van der Waals surface area (Å²) in [6.45, 7) is 6.83. The Morgan fingerprint density at radius 3 is 2.52 bits per heavy atom. The maximum Gasteiger partial charge on any atom is 0.244 e. The highest BCUT2D eigenvalue weighted by Crippen LogP contribution is 2.39. The van der Waals surface area contributed by atoms with Gasteiger partial charge in [0, 0.05) is 17.6 Å². The monoisotopic (exact) mass is 388 g/mol. The highest BCUT2D eigenvalue weighted by atomic mass is 32.2. The number of nitrogens with zero attached hydrogens (tertiary/aromatic N) is 4. The van der Waals surface area contributed by atoms with Crippen molar-refractivity contribution in [3.8, 4) is 11.3 Å². The first kappa shape index (κ1) is 18.6. The van der Waals surface area contributed by atoms with Gasteiger partial charge in [0.1, 0.15) is 5.69 Å². The van der Waals surface area contributed by atoms with Gasteiger partial charge in [0.05, 0.1) is 17.1 Å². The highest BCUT2D eigenvalue weighted by molar-refractivity contribution is 7.89. The van der Waals surface area contributed by atoms with Crippen molar-refractivity contribution in [2.45, 2.75) is 76.4 Å². The van der Waals surface area contributed by atoms with Gasteiger partial charge >= 0.3 is 0 Å². The molecular formula is C20H28N4O2S. The first-order valence-corrected chi connectivity index (χ1v) is 11.3. The first-order chi connectivity index (χ1) is 12.8. The Hall–Kier alpha value is -1.73. The Morgan fingerprint density at radius 2 is 1.81 bits per heavy atom. The summed E-state index contributed by atoms with van der Waals surface area (Å²) in [7, 11) is -3.61. The molecule has 7 heteroatoms. The Bertz CT molecular complexity index is 937. The lowest BCUT2D eigenvalue weighted by Crippen LogP contribution is -2.44. The lowest BCUT2D eigenvalue weighted by molar-refractivity contribution is 0.241. The summed E-state index contributed by atoms with van der Waals surface area (Å²) in [6, 6.07) is 7.27. The molecule has 27 heavy (non-hydrogen) atoms. The van der Waals surface area contributed by atoms with Crippen LogP contribution >= 0.6 is 0 Å². The van der Waals surface area contributed by atoms with E-state index >= 15 is 0 Å². The fraction of sp³-hybridized carbons (Fsp3) is 0.600. The van der Waals surface area contributed by atoms with E-state index in [1.165, 1.54) is 32.1 Å². The second-order valence-corrected chi connectivity index (χ2v) is 10.6. The summed E-state index contributed by atoms with van der Waals surface area (Å²) >= 11 is 0. The number of fused-ring (bicyclic) bond motifs is 3. The summed E-state index contributed by atoms with van der Waals surface area (Å²) in [4.78, 5) is 0.353. The molecule has 146 valence electrons. The van der Waals surface area contributed by atoms with Crippen molar-refractivity contribution in [1.29, 1.82) is 0 Å². The zero-order valence-electron chi connectivity index (χ0n) is 16.4. The fourth-order valence-electron chi connectivity index (χ4n) is 4.32. The van der Waals surface area contributed by atoms with E-state index < -0.39 is 15.6 Å². The van der Waals surface area contributed by atoms with Crippen molar-refractivity contribution in [1.82, 2.24) is 19.3 Å². The van der Waals surface area contributed by atoms with Crippen molar-refractivity contribution in [2.24, 2.45) is 5.92 Å². The summed E-state index contributed by atoms with van der Waals surface area (Å²) in [5.41, 5.74) is 1.79. The summed E-state index contributed by atoms with van der Waals surface area (Å²) in [5, 5.41) is 8.86. The molecule has 0 spiro atoms. The SMILES string of the molecule is CC(C)(C)N1Cc2nnn(CC3CCCCC3)c2-c2ccccc2S1(=O)=O. The molecule has 6 nitrogen and oxygen atoms in total. The van der Waals surface area contributed by atoms with Crippen molar-refractivity contribution >= 4 is 10.0 Å². The van der Waals surface area contributed by atoms with Crippen LogP contribution in [0.15, 0.2) is 29.2 Å². The minimum atomic E-state index is -3.61. The molecule has 4 rings (SSSR count). The van der Waals surface area contributed by atoms with E-state index in [0.29, 0.717) is 10.8 Å². The van der Waals surface area contributed by atoms with Gasteiger partial charge in [0.15, 0.2) is 0 Å². The Labute approximate surface area is 161 Å². The number of hydrogen-bond acceptors (Lipinski definition) is 4. The third-order valence-electron chi connectivity index (χ3n) is 5.71. The molecule has 0 amide bonds. The van der Waals surface area contributed by atoms with Crippen LogP contribution in [0.1, 0.15) is 58.6 Å². The van der Waals surface area contributed by atoms with Gasteiger partial charge in [-0.25, -0.2) is 13.1 Å². The van der Waals surface area contributed by atoms with Gasteiger partial charge in [-0.2, -0.15) is 4.31 Å². The number of sulfonamides is 1. The van der Waals surface area contributed by atoms with Crippen molar-refractivity contribution in [3.63, 3.8) is 0 Å². The van der Waals surface area contributed by atoms with Crippen LogP contribution in [0.25, 0.3) is 11.3 Å². The van der Waals surface area contributed by atoms with Gasteiger partial charge in [-0.3, -0.25) is 0 Å². The van der Waals surface area contributed by atoms with Crippen LogP contribution in [0.5, 0.6) is 0 Å². The highest BCUT2D eigenvalue weighted by Gasteiger charge is 2.40.